The molecule has 0 unspecified atom stereocenters. The standard InChI is InChI=1S/C17H15ClN2O6/c1-25-9-11-3-2-4-12(7-11)17(22)26-10-16(21)19-13-5-6-14(18)15(8-13)20(23)24/h2-8H,9-10H2,1H3,(H,19,21). The molecule has 0 heterocycles. The van der Waals surface area contributed by atoms with E-state index < -0.39 is 23.4 Å². The van der Waals surface area contributed by atoms with Crippen LogP contribution in [0.15, 0.2) is 42.5 Å². The van der Waals surface area contributed by atoms with Gasteiger partial charge in [0, 0.05) is 18.9 Å². The van der Waals surface area contributed by atoms with Gasteiger partial charge in [0.1, 0.15) is 5.02 Å². The second-order valence-electron chi connectivity index (χ2n) is 5.18. The Bertz CT molecular complexity index is 840. The molecule has 0 spiro atoms. The molecule has 0 saturated heterocycles. The zero-order valence-electron chi connectivity index (χ0n) is 13.7. The van der Waals surface area contributed by atoms with Crippen LogP contribution in [0, 0.1) is 10.1 Å². The third kappa shape index (κ3) is 5.27. The van der Waals surface area contributed by atoms with Gasteiger partial charge in [-0.05, 0) is 29.8 Å². The monoisotopic (exact) mass is 378 g/mol. The first kappa shape index (κ1) is 19.4. The van der Waals surface area contributed by atoms with E-state index in [0.717, 1.165) is 11.6 Å². The van der Waals surface area contributed by atoms with E-state index in [1.807, 2.05) is 0 Å². The van der Waals surface area contributed by atoms with E-state index in [4.69, 9.17) is 21.1 Å². The van der Waals surface area contributed by atoms with Gasteiger partial charge < -0.3 is 14.8 Å². The van der Waals surface area contributed by atoms with Gasteiger partial charge in [0.25, 0.3) is 11.6 Å². The van der Waals surface area contributed by atoms with Crippen LogP contribution in [0.3, 0.4) is 0 Å². The normalized spacial score (nSPS) is 10.2. The first-order chi connectivity index (χ1) is 12.4. The molecule has 2 aromatic carbocycles. The summed E-state index contributed by atoms with van der Waals surface area (Å²) in [6, 6.07) is 10.5. The number of nitrogens with zero attached hydrogens (tertiary/aromatic N) is 1. The molecule has 0 aliphatic heterocycles. The van der Waals surface area contributed by atoms with Crippen LogP contribution < -0.4 is 5.32 Å². The lowest BCUT2D eigenvalue weighted by Gasteiger charge is -2.08. The Kier molecular flexibility index (Phi) is 6.65. The fraction of sp³-hybridized carbons (Fsp3) is 0.176. The molecule has 0 aliphatic carbocycles. The number of amides is 1. The van der Waals surface area contributed by atoms with Crippen molar-refractivity contribution in [3.63, 3.8) is 0 Å². The van der Waals surface area contributed by atoms with Gasteiger partial charge in [-0.1, -0.05) is 23.7 Å². The largest absolute Gasteiger partial charge is 0.452 e. The van der Waals surface area contributed by atoms with Crippen LogP contribution in [0.2, 0.25) is 5.02 Å². The number of esters is 1. The summed E-state index contributed by atoms with van der Waals surface area (Å²) in [5, 5.41) is 13.2. The van der Waals surface area contributed by atoms with Crippen LogP contribution in [-0.2, 0) is 20.9 Å². The van der Waals surface area contributed by atoms with Crippen molar-refractivity contribution in [1.29, 1.82) is 0 Å². The van der Waals surface area contributed by atoms with Gasteiger partial charge in [-0.25, -0.2) is 4.79 Å². The molecule has 0 saturated carbocycles. The maximum Gasteiger partial charge on any atom is 0.338 e. The minimum atomic E-state index is -0.666. The molecular formula is C17H15ClN2O6. The molecule has 2 aromatic rings. The number of nitro benzene ring substituents is 1. The highest BCUT2D eigenvalue weighted by Gasteiger charge is 2.15. The van der Waals surface area contributed by atoms with Crippen molar-refractivity contribution in [3.05, 3.63) is 68.7 Å². The fourth-order valence-corrected chi connectivity index (χ4v) is 2.28. The summed E-state index contributed by atoms with van der Waals surface area (Å²) in [6.45, 7) is -0.194. The lowest BCUT2D eigenvalue weighted by Crippen LogP contribution is -2.21. The van der Waals surface area contributed by atoms with Crippen molar-refractivity contribution in [2.24, 2.45) is 0 Å². The summed E-state index contributed by atoms with van der Waals surface area (Å²) in [4.78, 5) is 34.0. The molecule has 2 rings (SSSR count). The molecule has 0 aliphatic rings. The predicted molar refractivity (Wildman–Crippen MR) is 94.2 cm³/mol. The summed E-state index contributed by atoms with van der Waals surface area (Å²) in [6.07, 6.45) is 0. The van der Waals surface area contributed by atoms with E-state index in [2.05, 4.69) is 5.32 Å². The van der Waals surface area contributed by atoms with Crippen LogP contribution in [0.25, 0.3) is 0 Å². The van der Waals surface area contributed by atoms with E-state index >= 15 is 0 Å². The Hall–Kier alpha value is -2.97. The highest BCUT2D eigenvalue weighted by molar-refractivity contribution is 6.32. The van der Waals surface area contributed by atoms with Gasteiger partial charge in [-0.3, -0.25) is 14.9 Å². The van der Waals surface area contributed by atoms with Crippen molar-refractivity contribution in [2.75, 3.05) is 19.0 Å². The molecule has 8 nitrogen and oxygen atoms in total. The molecule has 9 heteroatoms. The van der Waals surface area contributed by atoms with E-state index in [-0.39, 0.29) is 22.0 Å². The summed E-state index contributed by atoms with van der Waals surface area (Å²) in [5.41, 5.74) is 0.912. The van der Waals surface area contributed by atoms with Crippen LogP contribution in [-0.4, -0.2) is 30.5 Å². The maximum atomic E-state index is 12.0. The van der Waals surface area contributed by atoms with Gasteiger partial charge >= 0.3 is 5.97 Å². The van der Waals surface area contributed by atoms with Crippen LogP contribution in [0.4, 0.5) is 11.4 Å². The number of hydrogen-bond donors (Lipinski definition) is 1. The average Bonchev–Trinajstić information content (AvgIpc) is 2.61. The zero-order valence-corrected chi connectivity index (χ0v) is 14.5. The third-order valence-corrected chi connectivity index (χ3v) is 3.55. The van der Waals surface area contributed by atoms with E-state index in [0.29, 0.717) is 6.61 Å². The van der Waals surface area contributed by atoms with Gasteiger partial charge in [-0.15, -0.1) is 0 Å². The number of nitrogens with one attached hydrogen (secondary N) is 1. The van der Waals surface area contributed by atoms with Gasteiger partial charge in [0.05, 0.1) is 17.1 Å². The summed E-state index contributed by atoms with van der Waals surface area (Å²) >= 11 is 5.70. The molecular weight excluding hydrogens is 364 g/mol. The molecule has 136 valence electrons. The van der Waals surface area contributed by atoms with E-state index in [1.165, 1.54) is 19.2 Å². The number of anilines is 1. The quantitative estimate of drug-likeness (QED) is 0.450. The summed E-state index contributed by atoms with van der Waals surface area (Å²) in [7, 11) is 1.54. The van der Waals surface area contributed by atoms with Crippen molar-refractivity contribution in [1.82, 2.24) is 0 Å². The van der Waals surface area contributed by atoms with Crippen LogP contribution >= 0.6 is 11.6 Å². The van der Waals surface area contributed by atoms with E-state index in [9.17, 15) is 19.7 Å². The van der Waals surface area contributed by atoms with Crippen LogP contribution in [0.5, 0.6) is 0 Å². The number of ether oxygens (including phenoxy) is 2. The zero-order chi connectivity index (χ0) is 19.1. The summed E-state index contributed by atoms with van der Waals surface area (Å²) in [5.74, 6) is -1.30. The number of methoxy groups -OCH3 is 1. The maximum absolute atomic E-state index is 12.0. The van der Waals surface area contributed by atoms with Crippen molar-refractivity contribution < 1.29 is 24.0 Å². The van der Waals surface area contributed by atoms with Gasteiger partial charge in [-0.2, -0.15) is 0 Å². The SMILES string of the molecule is COCc1cccc(C(=O)OCC(=O)Nc2ccc(Cl)c([N+](=O)[O-])c2)c1. The molecule has 0 bridgehead atoms. The number of nitro groups is 1. The first-order valence-electron chi connectivity index (χ1n) is 7.39. The highest BCUT2D eigenvalue weighted by Crippen LogP contribution is 2.27. The van der Waals surface area contributed by atoms with Crippen molar-refractivity contribution >= 4 is 34.9 Å². The molecule has 1 amide bonds. The minimum Gasteiger partial charge on any atom is -0.452 e. The first-order valence-corrected chi connectivity index (χ1v) is 7.77. The molecule has 0 fully saturated rings. The van der Waals surface area contributed by atoms with Crippen molar-refractivity contribution in [3.8, 4) is 0 Å². The molecule has 0 radical (unpaired) electrons. The average molecular weight is 379 g/mol. The minimum absolute atomic E-state index is 0.0460. The molecule has 0 aromatic heterocycles. The Morgan fingerprint density at radius 2 is 2.00 bits per heavy atom. The predicted octanol–water partition coefficient (Wildman–Crippen LogP) is 3.19. The van der Waals surface area contributed by atoms with Gasteiger partial charge in [0.2, 0.25) is 0 Å². The summed E-state index contributed by atoms with van der Waals surface area (Å²) < 4.78 is 9.93. The van der Waals surface area contributed by atoms with E-state index in [1.54, 1.807) is 24.3 Å². The van der Waals surface area contributed by atoms with Crippen molar-refractivity contribution in [2.45, 2.75) is 6.61 Å². The smallest absolute Gasteiger partial charge is 0.338 e. The third-order valence-electron chi connectivity index (χ3n) is 3.23. The number of halogens is 1. The number of benzene rings is 2. The molecule has 26 heavy (non-hydrogen) atoms. The Balaban J connectivity index is 1.94. The lowest BCUT2D eigenvalue weighted by atomic mass is 10.1. The second kappa shape index (κ2) is 8.93. The lowest BCUT2D eigenvalue weighted by molar-refractivity contribution is -0.384. The van der Waals surface area contributed by atoms with Crippen LogP contribution in [0.1, 0.15) is 15.9 Å². The fourth-order valence-electron chi connectivity index (χ4n) is 2.10. The topological polar surface area (TPSA) is 108 Å². The number of carbonyl (C=O) groups excluding carboxylic acids is 2. The number of carbonyl (C=O) groups is 2. The number of hydrogen-bond acceptors (Lipinski definition) is 6. The molecule has 0 atom stereocenters. The Morgan fingerprint density at radius 1 is 1.23 bits per heavy atom. The van der Waals surface area contributed by atoms with Gasteiger partial charge in [0.15, 0.2) is 6.61 Å². The Labute approximate surface area is 153 Å². The molecule has 1 N–H and O–H groups in total. The Morgan fingerprint density at radius 3 is 2.69 bits per heavy atom. The highest BCUT2D eigenvalue weighted by atomic mass is 35.5. The second-order valence-corrected chi connectivity index (χ2v) is 5.59. The number of rotatable bonds is 7.